The van der Waals surface area contributed by atoms with E-state index < -0.39 is 29.1 Å². The molecule has 0 bridgehead atoms. The van der Waals surface area contributed by atoms with Crippen LogP contribution in [-0.4, -0.2) is 24.7 Å². The van der Waals surface area contributed by atoms with Crippen LogP contribution in [0.15, 0.2) is 41.3 Å². The lowest BCUT2D eigenvalue weighted by molar-refractivity contribution is -0.113. The number of halogens is 2. The maximum atomic E-state index is 13.8. The average Bonchev–Trinajstić information content (AvgIpc) is 2.56. The van der Waals surface area contributed by atoms with Crippen molar-refractivity contribution < 1.29 is 23.1 Å². The maximum Gasteiger partial charge on any atom is 0.340 e. The smallest absolute Gasteiger partial charge is 0.340 e. The van der Waals surface area contributed by atoms with Crippen molar-refractivity contribution >= 4 is 29.3 Å². The Balaban J connectivity index is 2.05. The SMILES string of the molecule is COC(=O)c1cc(NC(=O)CSc2ccc(C)cc2)c(F)cc1F. The predicted molar refractivity (Wildman–Crippen MR) is 88.2 cm³/mol. The molecule has 24 heavy (non-hydrogen) atoms. The Bertz CT molecular complexity index is 763. The molecule has 0 aliphatic heterocycles. The van der Waals surface area contributed by atoms with E-state index in [1.807, 2.05) is 31.2 Å². The molecule has 1 N–H and O–H groups in total. The summed E-state index contributed by atoms with van der Waals surface area (Å²) < 4.78 is 31.7. The van der Waals surface area contributed by atoms with Crippen LogP contribution in [0.3, 0.4) is 0 Å². The van der Waals surface area contributed by atoms with E-state index >= 15 is 0 Å². The normalized spacial score (nSPS) is 10.3. The molecule has 0 aliphatic rings. The second kappa shape index (κ2) is 7.92. The number of rotatable bonds is 5. The largest absolute Gasteiger partial charge is 0.465 e. The lowest BCUT2D eigenvalue weighted by Gasteiger charge is -2.09. The minimum atomic E-state index is -1.05. The van der Waals surface area contributed by atoms with Crippen LogP contribution >= 0.6 is 11.8 Å². The van der Waals surface area contributed by atoms with Gasteiger partial charge < -0.3 is 10.1 Å². The summed E-state index contributed by atoms with van der Waals surface area (Å²) in [6.45, 7) is 1.96. The molecule has 0 radical (unpaired) electrons. The van der Waals surface area contributed by atoms with Crippen LogP contribution in [0, 0.1) is 18.6 Å². The van der Waals surface area contributed by atoms with E-state index in [-0.39, 0.29) is 11.4 Å². The molecular weight excluding hydrogens is 336 g/mol. The standard InChI is InChI=1S/C17H15F2NO3S/c1-10-3-5-11(6-4-10)24-9-16(21)20-15-7-12(17(22)23-2)13(18)8-14(15)19/h3-8H,9H2,1-2H3,(H,20,21). The zero-order valence-corrected chi connectivity index (χ0v) is 13.9. The van der Waals surface area contributed by atoms with E-state index in [0.717, 1.165) is 23.6 Å². The van der Waals surface area contributed by atoms with E-state index in [9.17, 15) is 18.4 Å². The van der Waals surface area contributed by atoms with Crippen molar-refractivity contribution in [2.75, 3.05) is 18.2 Å². The van der Waals surface area contributed by atoms with Crippen molar-refractivity contribution in [1.82, 2.24) is 0 Å². The highest BCUT2D eigenvalue weighted by molar-refractivity contribution is 8.00. The van der Waals surface area contributed by atoms with Gasteiger partial charge in [0.25, 0.3) is 0 Å². The summed E-state index contributed by atoms with van der Waals surface area (Å²) >= 11 is 1.28. The molecule has 2 aromatic rings. The maximum absolute atomic E-state index is 13.8. The molecule has 1 amide bonds. The lowest BCUT2D eigenvalue weighted by Crippen LogP contribution is -2.16. The molecule has 0 heterocycles. The van der Waals surface area contributed by atoms with Crippen LogP contribution in [0.5, 0.6) is 0 Å². The van der Waals surface area contributed by atoms with Gasteiger partial charge in [-0.2, -0.15) is 0 Å². The summed E-state index contributed by atoms with van der Waals surface area (Å²) in [5, 5.41) is 2.33. The molecule has 7 heteroatoms. The molecular formula is C17H15F2NO3S. The summed E-state index contributed by atoms with van der Waals surface area (Å²) in [6.07, 6.45) is 0. The van der Waals surface area contributed by atoms with Gasteiger partial charge in [-0.05, 0) is 25.1 Å². The number of thioether (sulfide) groups is 1. The van der Waals surface area contributed by atoms with Gasteiger partial charge in [0.05, 0.1) is 24.1 Å². The molecule has 0 aromatic heterocycles. The van der Waals surface area contributed by atoms with Gasteiger partial charge in [0.2, 0.25) is 5.91 Å². The summed E-state index contributed by atoms with van der Waals surface area (Å²) in [4.78, 5) is 24.2. The molecule has 0 unspecified atom stereocenters. The number of carbonyl (C=O) groups excluding carboxylic acids is 2. The molecule has 0 aliphatic carbocycles. The number of hydrogen-bond donors (Lipinski definition) is 1. The van der Waals surface area contributed by atoms with Gasteiger partial charge in [-0.25, -0.2) is 13.6 Å². The third-order valence-corrected chi connectivity index (χ3v) is 4.14. The number of hydrogen-bond acceptors (Lipinski definition) is 4. The Hall–Kier alpha value is -2.41. The van der Waals surface area contributed by atoms with Crippen LogP contribution in [0.25, 0.3) is 0 Å². The monoisotopic (exact) mass is 351 g/mol. The Morgan fingerprint density at radius 3 is 2.42 bits per heavy atom. The molecule has 0 fully saturated rings. The third-order valence-electron chi connectivity index (χ3n) is 3.13. The number of anilines is 1. The van der Waals surface area contributed by atoms with E-state index in [1.165, 1.54) is 11.8 Å². The number of carbonyl (C=O) groups is 2. The van der Waals surface area contributed by atoms with Gasteiger partial charge in [-0.15, -0.1) is 11.8 Å². The number of nitrogens with one attached hydrogen (secondary N) is 1. The van der Waals surface area contributed by atoms with Crippen molar-refractivity contribution in [3.8, 4) is 0 Å². The first-order chi connectivity index (χ1) is 11.4. The number of esters is 1. The zero-order valence-electron chi connectivity index (χ0n) is 13.1. The number of methoxy groups -OCH3 is 1. The van der Waals surface area contributed by atoms with Crippen molar-refractivity contribution in [3.63, 3.8) is 0 Å². The molecule has 0 spiro atoms. The van der Waals surface area contributed by atoms with E-state index in [0.29, 0.717) is 6.07 Å². The first-order valence-electron chi connectivity index (χ1n) is 6.97. The Labute approximate surface area is 142 Å². The van der Waals surface area contributed by atoms with Crippen molar-refractivity contribution in [2.24, 2.45) is 0 Å². The number of benzene rings is 2. The third kappa shape index (κ3) is 4.55. The van der Waals surface area contributed by atoms with Crippen LogP contribution < -0.4 is 5.32 Å². The minimum Gasteiger partial charge on any atom is -0.465 e. The van der Waals surface area contributed by atoms with Crippen LogP contribution in [0.1, 0.15) is 15.9 Å². The van der Waals surface area contributed by atoms with Crippen molar-refractivity contribution in [2.45, 2.75) is 11.8 Å². The van der Waals surface area contributed by atoms with E-state index in [2.05, 4.69) is 10.1 Å². The van der Waals surface area contributed by atoms with Crippen LogP contribution in [-0.2, 0) is 9.53 Å². The van der Waals surface area contributed by atoms with Gasteiger partial charge in [-0.3, -0.25) is 4.79 Å². The highest BCUT2D eigenvalue weighted by Gasteiger charge is 2.17. The van der Waals surface area contributed by atoms with E-state index in [4.69, 9.17) is 0 Å². The topological polar surface area (TPSA) is 55.4 Å². The Kier molecular flexibility index (Phi) is 5.92. The highest BCUT2D eigenvalue weighted by atomic mass is 32.2. The Morgan fingerprint density at radius 2 is 1.79 bits per heavy atom. The number of amides is 1. The minimum absolute atomic E-state index is 0.0490. The molecule has 0 atom stereocenters. The summed E-state index contributed by atoms with van der Waals surface area (Å²) in [5.41, 5.74) is 0.388. The lowest BCUT2D eigenvalue weighted by atomic mass is 10.1. The number of aryl methyl sites for hydroxylation is 1. The van der Waals surface area contributed by atoms with E-state index in [1.54, 1.807) is 0 Å². The van der Waals surface area contributed by atoms with Crippen LogP contribution in [0.4, 0.5) is 14.5 Å². The summed E-state index contributed by atoms with van der Waals surface area (Å²) in [5.74, 6) is -3.38. The van der Waals surface area contributed by atoms with Gasteiger partial charge >= 0.3 is 5.97 Å². The Morgan fingerprint density at radius 1 is 1.12 bits per heavy atom. The second-order valence-electron chi connectivity index (χ2n) is 4.95. The average molecular weight is 351 g/mol. The van der Waals surface area contributed by atoms with Gasteiger partial charge in [0.15, 0.2) is 0 Å². The number of ether oxygens (including phenoxy) is 1. The predicted octanol–water partition coefficient (Wildman–Crippen LogP) is 3.79. The first kappa shape index (κ1) is 17.9. The fourth-order valence-electron chi connectivity index (χ4n) is 1.88. The van der Waals surface area contributed by atoms with Gasteiger partial charge in [0, 0.05) is 11.0 Å². The molecule has 0 saturated carbocycles. The fraction of sp³-hybridized carbons (Fsp3) is 0.176. The first-order valence-corrected chi connectivity index (χ1v) is 7.96. The molecule has 0 saturated heterocycles. The second-order valence-corrected chi connectivity index (χ2v) is 6.00. The van der Waals surface area contributed by atoms with Crippen molar-refractivity contribution in [1.29, 1.82) is 0 Å². The van der Waals surface area contributed by atoms with Gasteiger partial charge in [-0.1, -0.05) is 17.7 Å². The molecule has 4 nitrogen and oxygen atoms in total. The molecule has 2 rings (SSSR count). The summed E-state index contributed by atoms with van der Waals surface area (Å²) in [7, 11) is 1.08. The summed E-state index contributed by atoms with van der Waals surface area (Å²) in [6, 6.07) is 9.05. The molecule has 2 aromatic carbocycles. The fourth-order valence-corrected chi connectivity index (χ4v) is 2.58. The van der Waals surface area contributed by atoms with Crippen molar-refractivity contribution in [3.05, 3.63) is 59.2 Å². The quantitative estimate of drug-likeness (QED) is 0.658. The van der Waals surface area contributed by atoms with Gasteiger partial charge in [0.1, 0.15) is 11.6 Å². The molecule has 126 valence electrons. The zero-order chi connectivity index (χ0) is 17.7. The van der Waals surface area contributed by atoms with Crippen LogP contribution in [0.2, 0.25) is 0 Å². The highest BCUT2D eigenvalue weighted by Crippen LogP contribution is 2.22.